The van der Waals surface area contributed by atoms with E-state index in [0.29, 0.717) is 11.3 Å². The highest BCUT2D eigenvalue weighted by atomic mass is 32.2. The highest BCUT2D eigenvalue weighted by molar-refractivity contribution is 7.98. The molecule has 27 heavy (non-hydrogen) atoms. The lowest BCUT2D eigenvalue weighted by Gasteiger charge is -2.33. The number of hydrogen-bond donors (Lipinski definition) is 0. The minimum atomic E-state index is 0.0883. The lowest BCUT2D eigenvalue weighted by molar-refractivity contribution is 0.218. The monoisotopic (exact) mass is 398 g/mol. The topological polar surface area (TPSA) is 34.9 Å². The molecule has 142 valence electrons. The average Bonchev–Trinajstić information content (AvgIpc) is 2.99. The zero-order valence-electron chi connectivity index (χ0n) is 16.6. The summed E-state index contributed by atoms with van der Waals surface area (Å²) < 4.78 is 1.81. The molecule has 0 aliphatic heterocycles. The standard InChI is InChI=1S/C22H26N2OS2/c1-13-8-6-7-9-16(13)24-20(25)18-15-11-10-14(22(2,3)4)12-17(15)27-19(18)23-21(24)26-5/h6-9,14H,10-12H2,1-5H3/t14-/m1/s1. The van der Waals surface area contributed by atoms with Crippen LogP contribution < -0.4 is 5.56 Å². The molecule has 1 aliphatic carbocycles. The molecule has 0 fully saturated rings. The number of fused-ring (bicyclic) bond motifs is 3. The predicted molar refractivity (Wildman–Crippen MR) is 117 cm³/mol. The zero-order valence-corrected chi connectivity index (χ0v) is 18.3. The first-order valence-electron chi connectivity index (χ1n) is 9.48. The first kappa shape index (κ1) is 18.8. The van der Waals surface area contributed by atoms with Crippen LogP contribution in [-0.4, -0.2) is 15.8 Å². The molecule has 5 heteroatoms. The molecule has 0 saturated carbocycles. The summed E-state index contributed by atoms with van der Waals surface area (Å²) in [6.45, 7) is 9.02. The third-order valence-electron chi connectivity index (χ3n) is 5.82. The van der Waals surface area contributed by atoms with Gasteiger partial charge in [0.1, 0.15) is 4.83 Å². The molecule has 0 bridgehead atoms. The Kier molecular flexibility index (Phi) is 4.71. The summed E-state index contributed by atoms with van der Waals surface area (Å²) in [5, 5.41) is 1.62. The van der Waals surface area contributed by atoms with Gasteiger partial charge in [0, 0.05) is 4.88 Å². The van der Waals surface area contributed by atoms with Crippen molar-refractivity contribution in [3.05, 3.63) is 50.6 Å². The third kappa shape index (κ3) is 3.15. The van der Waals surface area contributed by atoms with E-state index in [0.717, 1.165) is 45.9 Å². The van der Waals surface area contributed by atoms with Crippen molar-refractivity contribution >= 4 is 33.3 Å². The lowest BCUT2D eigenvalue weighted by Crippen LogP contribution is -2.27. The number of hydrogen-bond acceptors (Lipinski definition) is 4. The van der Waals surface area contributed by atoms with Crippen LogP contribution in [0.1, 0.15) is 43.2 Å². The molecule has 3 aromatic rings. The van der Waals surface area contributed by atoms with Gasteiger partial charge in [0.25, 0.3) is 5.56 Å². The van der Waals surface area contributed by atoms with E-state index in [-0.39, 0.29) is 5.56 Å². The Morgan fingerprint density at radius 1 is 1.26 bits per heavy atom. The van der Waals surface area contributed by atoms with Crippen LogP contribution in [0.2, 0.25) is 0 Å². The number of nitrogens with zero attached hydrogens (tertiary/aromatic N) is 2. The number of thiophene rings is 1. The Labute approximate surface area is 168 Å². The second kappa shape index (κ2) is 6.78. The van der Waals surface area contributed by atoms with Crippen LogP contribution in [0, 0.1) is 18.3 Å². The van der Waals surface area contributed by atoms with E-state index in [9.17, 15) is 4.79 Å². The molecule has 1 aromatic carbocycles. The molecular weight excluding hydrogens is 372 g/mol. The van der Waals surface area contributed by atoms with Crippen molar-refractivity contribution in [2.45, 2.75) is 52.1 Å². The number of para-hydroxylation sites is 1. The van der Waals surface area contributed by atoms with Crippen molar-refractivity contribution in [2.75, 3.05) is 6.26 Å². The molecular formula is C22H26N2OS2. The Hall–Kier alpha value is -1.59. The molecule has 0 amide bonds. The van der Waals surface area contributed by atoms with Crippen LogP contribution in [0.15, 0.2) is 34.2 Å². The fourth-order valence-corrected chi connectivity index (χ4v) is 6.00. The van der Waals surface area contributed by atoms with E-state index in [1.54, 1.807) is 11.3 Å². The minimum absolute atomic E-state index is 0.0883. The summed E-state index contributed by atoms with van der Waals surface area (Å²) in [7, 11) is 0. The summed E-state index contributed by atoms with van der Waals surface area (Å²) in [6, 6.07) is 8.05. The second-order valence-electron chi connectivity index (χ2n) is 8.52. The molecule has 2 heterocycles. The summed E-state index contributed by atoms with van der Waals surface area (Å²) in [5.41, 5.74) is 3.67. The molecule has 0 N–H and O–H groups in total. The van der Waals surface area contributed by atoms with Gasteiger partial charge < -0.3 is 0 Å². The van der Waals surface area contributed by atoms with Gasteiger partial charge in [-0.3, -0.25) is 9.36 Å². The summed E-state index contributed by atoms with van der Waals surface area (Å²) in [6.07, 6.45) is 5.20. The number of rotatable bonds is 2. The van der Waals surface area contributed by atoms with Crippen molar-refractivity contribution < 1.29 is 0 Å². The highest BCUT2D eigenvalue weighted by Gasteiger charge is 2.32. The Balaban J connectivity index is 1.95. The van der Waals surface area contributed by atoms with Gasteiger partial charge in [-0.05, 0) is 61.0 Å². The first-order valence-corrected chi connectivity index (χ1v) is 11.5. The quantitative estimate of drug-likeness (QED) is 0.414. The van der Waals surface area contributed by atoms with E-state index in [2.05, 4.69) is 20.8 Å². The van der Waals surface area contributed by atoms with Gasteiger partial charge >= 0.3 is 0 Å². The van der Waals surface area contributed by atoms with Crippen LogP contribution in [0.5, 0.6) is 0 Å². The fourth-order valence-electron chi connectivity index (χ4n) is 4.11. The molecule has 0 radical (unpaired) electrons. The van der Waals surface area contributed by atoms with Crippen molar-refractivity contribution in [3.8, 4) is 5.69 Å². The van der Waals surface area contributed by atoms with E-state index in [1.165, 1.54) is 22.2 Å². The summed E-state index contributed by atoms with van der Waals surface area (Å²) in [5.74, 6) is 0.664. The van der Waals surface area contributed by atoms with E-state index in [4.69, 9.17) is 4.98 Å². The molecule has 1 atom stereocenters. The smallest absolute Gasteiger partial charge is 0.267 e. The molecule has 0 spiro atoms. The van der Waals surface area contributed by atoms with Gasteiger partial charge in [-0.1, -0.05) is 50.7 Å². The van der Waals surface area contributed by atoms with Crippen LogP contribution in [0.3, 0.4) is 0 Å². The first-order chi connectivity index (χ1) is 12.8. The van der Waals surface area contributed by atoms with Crippen molar-refractivity contribution in [2.24, 2.45) is 11.3 Å². The highest BCUT2D eigenvalue weighted by Crippen LogP contribution is 2.42. The Bertz CT molecular complexity index is 1070. The van der Waals surface area contributed by atoms with Crippen molar-refractivity contribution in [1.29, 1.82) is 0 Å². The maximum Gasteiger partial charge on any atom is 0.267 e. The summed E-state index contributed by atoms with van der Waals surface area (Å²) in [4.78, 5) is 20.8. The predicted octanol–water partition coefficient (Wildman–Crippen LogP) is 5.63. The largest absolute Gasteiger partial charge is 0.268 e. The lowest BCUT2D eigenvalue weighted by atomic mass is 9.72. The van der Waals surface area contributed by atoms with Crippen LogP contribution >= 0.6 is 23.1 Å². The third-order valence-corrected chi connectivity index (χ3v) is 7.60. The van der Waals surface area contributed by atoms with Crippen LogP contribution in [0.4, 0.5) is 0 Å². The number of benzene rings is 1. The molecule has 0 saturated heterocycles. The van der Waals surface area contributed by atoms with E-state index in [1.807, 2.05) is 42.0 Å². The maximum atomic E-state index is 13.6. The Morgan fingerprint density at radius 2 is 2.00 bits per heavy atom. The molecule has 3 nitrogen and oxygen atoms in total. The number of aromatic nitrogens is 2. The van der Waals surface area contributed by atoms with E-state index >= 15 is 0 Å². The van der Waals surface area contributed by atoms with Crippen LogP contribution in [-0.2, 0) is 12.8 Å². The fraction of sp³-hybridized carbons (Fsp3) is 0.455. The maximum absolute atomic E-state index is 13.6. The Morgan fingerprint density at radius 3 is 2.67 bits per heavy atom. The van der Waals surface area contributed by atoms with E-state index < -0.39 is 0 Å². The van der Waals surface area contributed by atoms with Gasteiger partial charge in [-0.25, -0.2) is 4.98 Å². The van der Waals surface area contributed by atoms with Crippen molar-refractivity contribution in [3.63, 3.8) is 0 Å². The van der Waals surface area contributed by atoms with Gasteiger partial charge in [0.2, 0.25) is 0 Å². The molecule has 4 rings (SSSR count). The van der Waals surface area contributed by atoms with Crippen LogP contribution in [0.25, 0.3) is 15.9 Å². The van der Waals surface area contributed by atoms with Gasteiger partial charge in [0.15, 0.2) is 5.16 Å². The SMILES string of the molecule is CSc1nc2sc3c(c2c(=O)n1-c1ccccc1C)CC[C@@H](C(C)(C)C)C3. The van der Waals surface area contributed by atoms with Gasteiger partial charge in [-0.15, -0.1) is 11.3 Å². The van der Waals surface area contributed by atoms with Crippen molar-refractivity contribution in [1.82, 2.24) is 9.55 Å². The normalized spacial score (nSPS) is 17.3. The van der Waals surface area contributed by atoms with Gasteiger partial charge in [0.05, 0.1) is 11.1 Å². The summed E-state index contributed by atoms with van der Waals surface area (Å²) >= 11 is 3.27. The molecule has 2 aromatic heterocycles. The average molecular weight is 399 g/mol. The number of thioether (sulfide) groups is 1. The number of aryl methyl sites for hydroxylation is 2. The minimum Gasteiger partial charge on any atom is -0.268 e. The van der Waals surface area contributed by atoms with Gasteiger partial charge in [-0.2, -0.15) is 0 Å². The zero-order chi connectivity index (χ0) is 19.3. The second-order valence-corrected chi connectivity index (χ2v) is 10.4. The molecule has 0 unspecified atom stereocenters. The molecule has 1 aliphatic rings.